The van der Waals surface area contributed by atoms with Crippen LogP contribution < -0.4 is 5.73 Å². The maximum Gasteiger partial charge on any atom is 0.252 e. The molecule has 15 heavy (non-hydrogen) atoms. The summed E-state index contributed by atoms with van der Waals surface area (Å²) in [5, 5.41) is 1.64. The zero-order chi connectivity index (χ0) is 11.5. The summed E-state index contributed by atoms with van der Waals surface area (Å²) in [6, 6.07) is 1.50. The lowest BCUT2D eigenvalue weighted by Gasteiger charge is -2.14. The highest BCUT2D eigenvalue weighted by molar-refractivity contribution is 7.91. The Hall–Kier alpha value is -0.590. The van der Waals surface area contributed by atoms with Crippen molar-refractivity contribution in [3.63, 3.8) is 0 Å². The molecule has 1 rings (SSSR count). The molecule has 0 aliphatic heterocycles. The van der Waals surface area contributed by atoms with Gasteiger partial charge in [0.25, 0.3) is 10.0 Å². The van der Waals surface area contributed by atoms with E-state index in [0.29, 0.717) is 16.4 Å². The zero-order valence-corrected chi connectivity index (χ0v) is 10.6. The number of nitrogen functional groups attached to an aromatic ring is 1. The normalized spacial score (nSPS) is 12.2. The Labute approximate surface area is 94.8 Å². The first-order valence-corrected chi connectivity index (χ1v) is 7.10. The molecular formula is C9H16N2O2S2. The van der Waals surface area contributed by atoms with Gasteiger partial charge >= 0.3 is 0 Å². The van der Waals surface area contributed by atoms with E-state index in [4.69, 9.17) is 5.73 Å². The summed E-state index contributed by atoms with van der Waals surface area (Å²) in [6.07, 6.45) is 1.85. The maximum absolute atomic E-state index is 11.9. The number of hydrogen-bond donors (Lipinski definition) is 1. The van der Waals surface area contributed by atoms with Gasteiger partial charge in [-0.3, -0.25) is 0 Å². The summed E-state index contributed by atoms with van der Waals surface area (Å²) in [5.74, 6) is 0. The molecule has 0 saturated carbocycles. The van der Waals surface area contributed by atoms with E-state index in [9.17, 15) is 8.42 Å². The molecule has 0 atom stereocenters. The smallest absolute Gasteiger partial charge is 0.252 e. The van der Waals surface area contributed by atoms with Gasteiger partial charge in [-0.25, -0.2) is 12.7 Å². The van der Waals surface area contributed by atoms with Gasteiger partial charge in [0.15, 0.2) is 0 Å². The van der Waals surface area contributed by atoms with Crippen molar-refractivity contribution in [1.82, 2.24) is 4.31 Å². The number of nitrogens with zero attached hydrogens (tertiary/aromatic N) is 1. The Kier molecular flexibility index (Phi) is 4.12. The van der Waals surface area contributed by atoms with Crippen molar-refractivity contribution < 1.29 is 8.42 Å². The highest BCUT2D eigenvalue weighted by atomic mass is 32.2. The molecule has 0 radical (unpaired) electrons. The van der Waals surface area contributed by atoms with Gasteiger partial charge in [-0.15, -0.1) is 11.3 Å². The lowest BCUT2D eigenvalue weighted by molar-refractivity contribution is 0.461. The van der Waals surface area contributed by atoms with Gasteiger partial charge in [0.05, 0.1) is 0 Å². The SMILES string of the molecule is CCCCN(C)S(=O)(=O)c1cc(N)cs1. The first kappa shape index (κ1) is 12.5. The summed E-state index contributed by atoms with van der Waals surface area (Å²) in [7, 11) is -1.72. The second kappa shape index (κ2) is 4.96. The third-order valence-electron chi connectivity index (χ3n) is 2.09. The molecule has 0 unspecified atom stereocenters. The summed E-state index contributed by atoms with van der Waals surface area (Å²) < 4.78 is 25.6. The minimum Gasteiger partial charge on any atom is -0.398 e. The highest BCUT2D eigenvalue weighted by Gasteiger charge is 2.21. The molecule has 0 saturated heterocycles. The van der Waals surface area contributed by atoms with Gasteiger partial charge in [-0.2, -0.15) is 0 Å². The molecule has 0 aliphatic carbocycles. The molecule has 86 valence electrons. The summed E-state index contributed by atoms with van der Waals surface area (Å²) in [4.78, 5) is 0. The van der Waals surface area contributed by atoms with Crippen LogP contribution in [0.5, 0.6) is 0 Å². The van der Waals surface area contributed by atoms with Crippen molar-refractivity contribution in [3.8, 4) is 0 Å². The molecule has 4 nitrogen and oxygen atoms in total. The van der Waals surface area contributed by atoms with Crippen LogP contribution in [0.15, 0.2) is 15.7 Å². The van der Waals surface area contributed by atoms with Crippen LogP contribution in [0.1, 0.15) is 19.8 Å². The van der Waals surface area contributed by atoms with Crippen molar-refractivity contribution in [2.45, 2.75) is 24.0 Å². The second-order valence-electron chi connectivity index (χ2n) is 3.38. The molecule has 0 bridgehead atoms. The van der Waals surface area contributed by atoms with Crippen molar-refractivity contribution in [3.05, 3.63) is 11.4 Å². The molecule has 0 spiro atoms. The van der Waals surface area contributed by atoms with Crippen LogP contribution in [-0.4, -0.2) is 26.3 Å². The van der Waals surface area contributed by atoms with Crippen molar-refractivity contribution in [2.75, 3.05) is 19.3 Å². The highest BCUT2D eigenvalue weighted by Crippen LogP contribution is 2.24. The number of rotatable bonds is 5. The molecule has 0 aliphatic rings. The van der Waals surface area contributed by atoms with E-state index in [1.807, 2.05) is 6.92 Å². The maximum atomic E-state index is 11.9. The number of hydrogen-bond acceptors (Lipinski definition) is 4. The lowest BCUT2D eigenvalue weighted by atomic mass is 10.3. The minimum absolute atomic E-state index is 0.318. The van der Waals surface area contributed by atoms with Crippen LogP contribution in [0.3, 0.4) is 0 Å². The van der Waals surface area contributed by atoms with Gasteiger partial charge in [-0.05, 0) is 12.5 Å². The Morgan fingerprint density at radius 2 is 2.20 bits per heavy atom. The molecular weight excluding hydrogens is 232 g/mol. The van der Waals surface area contributed by atoms with Gasteiger partial charge in [-0.1, -0.05) is 13.3 Å². The van der Waals surface area contributed by atoms with E-state index in [2.05, 4.69) is 0 Å². The van der Waals surface area contributed by atoms with E-state index in [1.54, 1.807) is 12.4 Å². The average molecular weight is 248 g/mol. The fraction of sp³-hybridized carbons (Fsp3) is 0.556. The van der Waals surface area contributed by atoms with Crippen LogP contribution >= 0.6 is 11.3 Å². The molecule has 0 fully saturated rings. The van der Waals surface area contributed by atoms with Crippen molar-refractivity contribution >= 4 is 27.0 Å². The summed E-state index contributed by atoms with van der Waals surface area (Å²) >= 11 is 1.16. The number of nitrogens with two attached hydrogens (primary N) is 1. The molecule has 0 aromatic carbocycles. The Morgan fingerprint density at radius 1 is 1.53 bits per heavy atom. The number of unbranched alkanes of at least 4 members (excludes halogenated alkanes) is 1. The Bertz CT molecular complexity index is 412. The molecule has 2 N–H and O–H groups in total. The second-order valence-corrected chi connectivity index (χ2v) is 6.56. The van der Waals surface area contributed by atoms with E-state index >= 15 is 0 Å². The van der Waals surface area contributed by atoms with Gasteiger partial charge in [0.1, 0.15) is 4.21 Å². The third kappa shape index (κ3) is 2.93. The standard InChI is InChI=1S/C9H16N2O2S2/c1-3-4-5-11(2)15(12,13)9-6-8(10)7-14-9/h6-7H,3-5,10H2,1-2H3. The fourth-order valence-corrected chi connectivity index (χ4v) is 3.62. The summed E-state index contributed by atoms with van der Waals surface area (Å²) in [6.45, 7) is 2.58. The fourth-order valence-electron chi connectivity index (χ4n) is 1.12. The molecule has 0 amide bonds. The molecule has 1 aromatic heterocycles. The monoisotopic (exact) mass is 248 g/mol. The lowest BCUT2D eigenvalue weighted by Crippen LogP contribution is -2.27. The molecule has 1 heterocycles. The minimum atomic E-state index is -3.32. The topological polar surface area (TPSA) is 63.4 Å². The number of anilines is 1. The first-order valence-electron chi connectivity index (χ1n) is 4.79. The van der Waals surface area contributed by atoms with E-state index < -0.39 is 10.0 Å². The molecule has 6 heteroatoms. The third-order valence-corrected chi connectivity index (χ3v) is 5.38. The van der Waals surface area contributed by atoms with Crippen LogP contribution in [0.4, 0.5) is 5.69 Å². The largest absolute Gasteiger partial charge is 0.398 e. The van der Waals surface area contributed by atoms with Crippen LogP contribution in [0.2, 0.25) is 0 Å². The predicted molar refractivity (Wildman–Crippen MR) is 63.5 cm³/mol. The number of thiophene rings is 1. The van der Waals surface area contributed by atoms with E-state index in [1.165, 1.54) is 10.4 Å². The quantitative estimate of drug-likeness (QED) is 0.863. The van der Waals surface area contributed by atoms with Crippen molar-refractivity contribution in [1.29, 1.82) is 0 Å². The predicted octanol–water partition coefficient (Wildman–Crippen LogP) is 1.75. The van der Waals surface area contributed by atoms with Crippen molar-refractivity contribution in [2.24, 2.45) is 0 Å². The van der Waals surface area contributed by atoms with Gasteiger partial charge < -0.3 is 5.73 Å². The Morgan fingerprint density at radius 3 is 2.67 bits per heavy atom. The average Bonchev–Trinajstić information content (AvgIpc) is 2.61. The van der Waals surface area contributed by atoms with E-state index in [0.717, 1.165) is 24.2 Å². The van der Waals surface area contributed by atoms with Crippen LogP contribution in [0, 0.1) is 0 Å². The zero-order valence-electron chi connectivity index (χ0n) is 8.93. The first-order chi connectivity index (χ1) is 6.98. The molecule has 1 aromatic rings. The summed E-state index contributed by atoms with van der Waals surface area (Å²) in [5.41, 5.74) is 6.01. The van der Waals surface area contributed by atoms with Crippen LogP contribution in [0.25, 0.3) is 0 Å². The van der Waals surface area contributed by atoms with Crippen LogP contribution in [-0.2, 0) is 10.0 Å². The van der Waals surface area contributed by atoms with Gasteiger partial charge in [0.2, 0.25) is 0 Å². The van der Waals surface area contributed by atoms with Gasteiger partial charge in [0, 0.05) is 24.7 Å². The number of sulfonamides is 1. The Balaban J connectivity index is 2.83. The van der Waals surface area contributed by atoms with E-state index in [-0.39, 0.29) is 0 Å².